The molecule has 0 aliphatic carbocycles. The second-order valence-corrected chi connectivity index (χ2v) is 10.0. The van der Waals surface area contributed by atoms with Crippen LogP contribution in [0.1, 0.15) is 21.5 Å². The number of hydrogen-bond acceptors (Lipinski definition) is 6. The van der Waals surface area contributed by atoms with Crippen LogP contribution in [0.2, 0.25) is 0 Å². The first kappa shape index (κ1) is 23.4. The maximum absolute atomic E-state index is 13.2. The van der Waals surface area contributed by atoms with E-state index in [-0.39, 0.29) is 22.0 Å². The zero-order valence-corrected chi connectivity index (χ0v) is 19.6. The number of aryl methyl sites for hydroxylation is 2. The number of aromatic nitrogens is 1. The molecule has 3 aromatic rings. The minimum Gasteiger partial charge on any atom is -0.480 e. The Balaban J connectivity index is 1.97. The molecule has 0 spiro atoms. The number of nitrogens with one attached hydrogen (secondary N) is 2. The summed E-state index contributed by atoms with van der Waals surface area (Å²) in [5.74, 6) is -0.648. The van der Waals surface area contributed by atoms with E-state index in [4.69, 9.17) is 4.74 Å². The summed E-state index contributed by atoms with van der Waals surface area (Å²) in [5.41, 5.74) is 2.35. The molecule has 0 aliphatic rings. The highest BCUT2D eigenvalue weighted by Gasteiger charge is 2.24. The average Bonchev–Trinajstić information content (AvgIpc) is 2.76. The molecule has 3 rings (SSSR count). The molecule has 8 nitrogen and oxygen atoms in total. The van der Waals surface area contributed by atoms with E-state index in [1.165, 1.54) is 25.6 Å². The minimum atomic E-state index is -4.08. The Labute approximate surface area is 189 Å². The number of nitrogens with zero attached hydrogens (tertiary/aromatic N) is 1. The standard InChI is InChI=1S/C22H23N3O5S2/c1-14-8-7-9-15(2)20(14)25-32(28,29)19-12-16(13-23-22(19)30-3)24-21(26)17-10-5-6-11-18(17)31(4)27/h5-13,25H,1-4H3,(H,24,26)/t31-/m0/s1. The van der Waals surface area contributed by atoms with Crippen LogP contribution in [0.25, 0.3) is 0 Å². The summed E-state index contributed by atoms with van der Waals surface area (Å²) >= 11 is 0. The van der Waals surface area contributed by atoms with Crippen LogP contribution in [-0.2, 0) is 20.8 Å². The number of sulfonamides is 1. The molecule has 32 heavy (non-hydrogen) atoms. The summed E-state index contributed by atoms with van der Waals surface area (Å²) < 4.78 is 46.0. The zero-order chi connectivity index (χ0) is 23.5. The van der Waals surface area contributed by atoms with Crippen molar-refractivity contribution < 1.29 is 22.2 Å². The van der Waals surface area contributed by atoms with Crippen LogP contribution in [0.3, 0.4) is 0 Å². The number of hydrogen-bond donors (Lipinski definition) is 2. The van der Waals surface area contributed by atoms with E-state index in [2.05, 4.69) is 15.0 Å². The van der Waals surface area contributed by atoms with Crippen LogP contribution in [0.4, 0.5) is 11.4 Å². The van der Waals surface area contributed by atoms with Crippen molar-refractivity contribution in [1.29, 1.82) is 0 Å². The molecular formula is C22H23N3O5S2. The van der Waals surface area contributed by atoms with Crippen molar-refractivity contribution in [3.63, 3.8) is 0 Å². The minimum absolute atomic E-state index is 0.114. The second kappa shape index (κ2) is 9.49. The normalized spacial score (nSPS) is 12.1. The highest BCUT2D eigenvalue weighted by Crippen LogP contribution is 2.29. The molecule has 0 saturated carbocycles. The lowest BCUT2D eigenvalue weighted by Crippen LogP contribution is -2.18. The van der Waals surface area contributed by atoms with Gasteiger partial charge in [-0.05, 0) is 43.2 Å². The van der Waals surface area contributed by atoms with Gasteiger partial charge in [0.15, 0.2) is 4.90 Å². The van der Waals surface area contributed by atoms with Gasteiger partial charge in [0.1, 0.15) is 0 Å². The molecule has 2 aromatic carbocycles. The lowest BCUT2D eigenvalue weighted by atomic mass is 10.1. The maximum Gasteiger partial charge on any atom is 0.267 e. The van der Waals surface area contributed by atoms with Gasteiger partial charge in [-0.15, -0.1) is 0 Å². The number of anilines is 2. The fourth-order valence-corrected chi connectivity index (χ4v) is 5.20. The van der Waals surface area contributed by atoms with Crippen LogP contribution in [0.5, 0.6) is 5.88 Å². The van der Waals surface area contributed by atoms with Gasteiger partial charge in [0.25, 0.3) is 15.9 Å². The van der Waals surface area contributed by atoms with Gasteiger partial charge in [-0.2, -0.15) is 0 Å². The number of amides is 1. The molecule has 0 unspecified atom stereocenters. The number of carbonyl (C=O) groups is 1. The topological polar surface area (TPSA) is 114 Å². The van der Waals surface area contributed by atoms with Crippen molar-refractivity contribution in [2.75, 3.05) is 23.4 Å². The van der Waals surface area contributed by atoms with E-state index in [1.807, 2.05) is 6.07 Å². The number of para-hydroxylation sites is 1. The zero-order valence-electron chi connectivity index (χ0n) is 18.0. The predicted octanol–water partition coefficient (Wildman–Crippen LogP) is 3.50. The largest absolute Gasteiger partial charge is 0.480 e. The molecule has 168 valence electrons. The number of pyridine rings is 1. The highest BCUT2D eigenvalue weighted by atomic mass is 32.2. The number of rotatable bonds is 7. The van der Waals surface area contributed by atoms with Crippen molar-refractivity contribution in [1.82, 2.24) is 4.98 Å². The van der Waals surface area contributed by atoms with E-state index in [1.54, 1.807) is 50.2 Å². The summed E-state index contributed by atoms with van der Waals surface area (Å²) in [6, 6.07) is 13.2. The number of benzene rings is 2. The van der Waals surface area contributed by atoms with Gasteiger partial charge in [-0.1, -0.05) is 30.3 Å². The van der Waals surface area contributed by atoms with E-state index >= 15 is 0 Å². The Kier molecular flexibility index (Phi) is 6.95. The first-order chi connectivity index (χ1) is 15.1. The molecule has 1 atom stereocenters. The molecule has 1 aromatic heterocycles. The monoisotopic (exact) mass is 473 g/mol. The molecule has 0 fully saturated rings. The second-order valence-electron chi connectivity index (χ2n) is 7.01. The van der Waals surface area contributed by atoms with Crippen LogP contribution < -0.4 is 14.8 Å². The molecule has 0 saturated heterocycles. The molecular weight excluding hydrogens is 450 g/mol. The summed E-state index contributed by atoms with van der Waals surface area (Å²) in [4.78, 5) is 16.9. The fourth-order valence-electron chi connectivity index (χ4n) is 3.11. The van der Waals surface area contributed by atoms with Crippen LogP contribution in [0, 0.1) is 13.8 Å². The molecule has 0 radical (unpaired) electrons. The fraction of sp³-hybridized carbons (Fsp3) is 0.182. The van der Waals surface area contributed by atoms with Crippen LogP contribution in [-0.4, -0.2) is 36.9 Å². The van der Waals surface area contributed by atoms with Gasteiger partial charge in [0.2, 0.25) is 5.88 Å². The van der Waals surface area contributed by atoms with Crippen molar-refractivity contribution >= 4 is 38.1 Å². The van der Waals surface area contributed by atoms with Crippen LogP contribution >= 0.6 is 0 Å². The molecule has 0 bridgehead atoms. The van der Waals surface area contributed by atoms with Crippen molar-refractivity contribution in [2.45, 2.75) is 23.6 Å². The third-order valence-corrected chi connectivity index (χ3v) is 7.04. The average molecular weight is 474 g/mol. The van der Waals surface area contributed by atoms with Crippen LogP contribution in [0.15, 0.2) is 64.5 Å². The summed E-state index contributed by atoms with van der Waals surface area (Å²) in [6.07, 6.45) is 2.77. The van der Waals surface area contributed by atoms with Gasteiger partial charge >= 0.3 is 0 Å². The number of carbonyl (C=O) groups excluding carboxylic acids is 1. The molecule has 10 heteroatoms. The Bertz CT molecular complexity index is 1290. The Hall–Kier alpha value is -3.24. The van der Waals surface area contributed by atoms with E-state index in [0.29, 0.717) is 10.6 Å². The maximum atomic E-state index is 13.2. The van der Waals surface area contributed by atoms with E-state index in [9.17, 15) is 17.4 Å². The van der Waals surface area contributed by atoms with E-state index in [0.717, 1.165) is 11.1 Å². The van der Waals surface area contributed by atoms with Gasteiger partial charge in [0.05, 0.1) is 45.9 Å². The third kappa shape index (κ3) is 4.97. The highest BCUT2D eigenvalue weighted by molar-refractivity contribution is 7.92. The number of ether oxygens (including phenoxy) is 1. The lowest BCUT2D eigenvalue weighted by Gasteiger charge is -2.15. The summed E-state index contributed by atoms with van der Waals surface area (Å²) in [5, 5.41) is 2.62. The quantitative estimate of drug-likeness (QED) is 0.543. The molecule has 1 amide bonds. The number of methoxy groups -OCH3 is 1. The van der Waals surface area contributed by atoms with E-state index < -0.39 is 26.7 Å². The Morgan fingerprint density at radius 2 is 1.72 bits per heavy atom. The van der Waals surface area contributed by atoms with Crippen molar-refractivity contribution in [3.05, 3.63) is 71.4 Å². The van der Waals surface area contributed by atoms with Crippen molar-refractivity contribution in [3.8, 4) is 5.88 Å². The smallest absolute Gasteiger partial charge is 0.267 e. The Morgan fingerprint density at radius 3 is 2.34 bits per heavy atom. The molecule has 0 aliphatic heterocycles. The van der Waals surface area contributed by atoms with Gasteiger partial charge in [-0.25, -0.2) is 13.4 Å². The SMILES string of the molecule is COc1ncc(NC(=O)c2ccccc2[S@](C)=O)cc1S(=O)(=O)Nc1c(C)cccc1C. The molecule has 2 N–H and O–H groups in total. The summed E-state index contributed by atoms with van der Waals surface area (Å²) in [6.45, 7) is 3.60. The molecule has 1 heterocycles. The lowest BCUT2D eigenvalue weighted by molar-refractivity contribution is 0.102. The van der Waals surface area contributed by atoms with Gasteiger partial charge < -0.3 is 10.1 Å². The van der Waals surface area contributed by atoms with Crippen molar-refractivity contribution in [2.24, 2.45) is 0 Å². The first-order valence-electron chi connectivity index (χ1n) is 9.51. The first-order valence-corrected chi connectivity index (χ1v) is 12.5. The summed E-state index contributed by atoms with van der Waals surface area (Å²) in [7, 11) is -4.14. The third-order valence-electron chi connectivity index (χ3n) is 4.72. The Morgan fingerprint density at radius 1 is 1.06 bits per heavy atom. The van der Waals surface area contributed by atoms with Gasteiger partial charge in [-0.3, -0.25) is 13.7 Å². The predicted molar refractivity (Wildman–Crippen MR) is 124 cm³/mol. The van der Waals surface area contributed by atoms with Gasteiger partial charge in [0, 0.05) is 6.26 Å².